The Hall–Kier alpha value is -1.83. The number of hydrogen-bond donors (Lipinski definition) is 2. The molecule has 1 aromatic rings. The molecule has 20 heavy (non-hydrogen) atoms. The summed E-state index contributed by atoms with van der Waals surface area (Å²) in [5.74, 6) is -0.694. The van der Waals surface area contributed by atoms with E-state index in [-0.39, 0.29) is 12.1 Å². The first-order chi connectivity index (χ1) is 9.12. The molecule has 1 atom stereocenters. The van der Waals surface area contributed by atoms with E-state index in [9.17, 15) is 22.8 Å². The lowest BCUT2D eigenvalue weighted by atomic mass is 10.2. The van der Waals surface area contributed by atoms with Crippen LogP contribution in [0.1, 0.15) is 29.4 Å². The van der Waals surface area contributed by atoms with Gasteiger partial charge in [0.2, 0.25) is 0 Å². The SMILES string of the molecule is CC(O)CCN(C)C(=O)c1ccc(C(F)(F)F)[nH]c1=O. The molecule has 8 heteroatoms. The normalized spacial score (nSPS) is 13.1. The van der Waals surface area contributed by atoms with Gasteiger partial charge in [0.05, 0.1) is 6.10 Å². The number of aromatic nitrogens is 1. The zero-order valence-electron chi connectivity index (χ0n) is 11.0. The fourth-order valence-corrected chi connectivity index (χ4v) is 1.50. The minimum atomic E-state index is -4.67. The number of pyridine rings is 1. The molecule has 2 N–H and O–H groups in total. The first kappa shape index (κ1) is 16.2. The van der Waals surface area contributed by atoms with Crippen molar-refractivity contribution >= 4 is 5.91 Å². The van der Waals surface area contributed by atoms with Crippen molar-refractivity contribution in [2.75, 3.05) is 13.6 Å². The highest BCUT2D eigenvalue weighted by Crippen LogP contribution is 2.26. The number of halogens is 3. The van der Waals surface area contributed by atoms with Crippen LogP contribution in [0.5, 0.6) is 0 Å². The van der Waals surface area contributed by atoms with Crippen LogP contribution in [0.4, 0.5) is 13.2 Å². The Bertz CT molecular complexity index is 537. The maximum absolute atomic E-state index is 12.4. The molecule has 1 rings (SSSR count). The van der Waals surface area contributed by atoms with Crippen LogP contribution in [0.2, 0.25) is 0 Å². The third-order valence-electron chi connectivity index (χ3n) is 2.67. The van der Waals surface area contributed by atoms with E-state index in [4.69, 9.17) is 5.11 Å². The molecule has 112 valence electrons. The number of amides is 1. The van der Waals surface area contributed by atoms with Crippen molar-refractivity contribution < 1.29 is 23.1 Å². The van der Waals surface area contributed by atoms with Crippen molar-refractivity contribution in [3.8, 4) is 0 Å². The molecule has 1 aromatic heterocycles. The minimum absolute atomic E-state index is 0.191. The Kier molecular flexibility index (Phi) is 4.93. The number of rotatable bonds is 4. The molecule has 5 nitrogen and oxygen atoms in total. The highest BCUT2D eigenvalue weighted by molar-refractivity contribution is 5.93. The summed E-state index contributed by atoms with van der Waals surface area (Å²) in [7, 11) is 1.40. The minimum Gasteiger partial charge on any atom is -0.393 e. The molecular formula is C12H15F3N2O3. The van der Waals surface area contributed by atoms with E-state index in [0.29, 0.717) is 12.5 Å². The lowest BCUT2D eigenvalue weighted by Crippen LogP contribution is -2.34. The largest absolute Gasteiger partial charge is 0.431 e. The topological polar surface area (TPSA) is 73.4 Å². The first-order valence-electron chi connectivity index (χ1n) is 5.87. The van der Waals surface area contributed by atoms with Crippen LogP contribution in [-0.2, 0) is 6.18 Å². The van der Waals surface area contributed by atoms with Gasteiger partial charge in [0.1, 0.15) is 11.3 Å². The highest BCUT2D eigenvalue weighted by Gasteiger charge is 2.32. The predicted molar refractivity (Wildman–Crippen MR) is 65.3 cm³/mol. The first-order valence-corrected chi connectivity index (χ1v) is 5.87. The van der Waals surface area contributed by atoms with E-state index in [1.54, 1.807) is 11.9 Å². The molecule has 0 aromatic carbocycles. The van der Waals surface area contributed by atoms with Crippen molar-refractivity contribution in [1.29, 1.82) is 0 Å². The van der Waals surface area contributed by atoms with Gasteiger partial charge < -0.3 is 15.0 Å². The number of aromatic amines is 1. The Morgan fingerprint density at radius 1 is 1.45 bits per heavy atom. The van der Waals surface area contributed by atoms with Gasteiger partial charge in [0.15, 0.2) is 0 Å². The van der Waals surface area contributed by atoms with Gasteiger partial charge >= 0.3 is 6.18 Å². The highest BCUT2D eigenvalue weighted by atomic mass is 19.4. The number of aliphatic hydroxyl groups is 1. The number of aliphatic hydroxyl groups excluding tert-OH is 1. The molecule has 0 aliphatic heterocycles. The van der Waals surface area contributed by atoms with E-state index in [1.807, 2.05) is 0 Å². The average Bonchev–Trinajstić information content (AvgIpc) is 2.33. The summed E-state index contributed by atoms with van der Waals surface area (Å²) in [5.41, 5.74) is -2.66. The van der Waals surface area contributed by atoms with Gasteiger partial charge in [0.25, 0.3) is 11.5 Å². The van der Waals surface area contributed by atoms with Crippen molar-refractivity contribution in [1.82, 2.24) is 9.88 Å². The van der Waals surface area contributed by atoms with Crippen molar-refractivity contribution in [2.24, 2.45) is 0 Å². The average molecular weight is 292 g/mol. The summed E-state index contributed by atoms with van der Waals surface area (Å²) < 4.78 is 37.1. The molecule has 0 radical (unpaired) electrons. The third kappa shape index (κ3) is 4.09. The van der Waals surface area contributed by atoms with Gasteiger partial charge in [0, 0.05) is 13.6 Å². The number of carbonyl (C=O) groups excluding carboxylic acids is 1. The summed E-state index contributed by atoms with van der Waals surface area (Å²) in [5, 5.41) is 9.10. The van der Waals surface area contributed by atoms with Crippen LogP contribution >= 0.6 is 0 Å². The molecule has 0 aliphatic carbocycles. The second-order valence-electron chi connectivity index (χ2n) is 4.48. The van der Waals surface area contributed by atoms with Crippen LogP contribution in [0.3, 0.4) is 0 Å². The lowest BCUT2D eigenvalue weighted by Gasteiger charge is -2.17. The quantitative estimate of drug-likeness (QED) is 0.877. The zero-order valence-corrected chi connectivity index (χ0v) is 11.0. The van der Waals surface area contributed by atoms with Crippen LogP contribution < -0.4 is 5.56 Å². The summed E-state index contributed by atoms with van der Waals surface area (Å²) in [4.78, 5) is 26.2. The Morgan fingerprint density at radius 2 is 2.05 bits per heavy atom. The van der Waals surface area contributed by atoms with Crippen LogP contribution in [0, 0.1) is 0 Å². The second-order valence-corrected chi connectivity index (χ2v) is 4.48. The van der Waals surface area contributed by atoms with Gasteiger partial charge in [-0.05, 0) is 25.5 Å². The van der Waals surface area contributed by atoms with Crippen molar-refractivity contribution in [2.45, 2.75) is 25.6 Å². The molecule has 0 bridgehead atoms. The molecular weight excluding hydrogens is 277 g/mol. The number of alkyl halides is 3. The molecule has 0 spiro atoms. The van der Waals surface area contributed by atoms with E-state index in [2.05, 4.69) is 0 Å². The molecule has 0 saturated carbocycles. The maximum Gasteiger partial charge on any atom is 0.431 e. The second kappa shape index (κ2) is 6.08. The fraction of sp³-hybridized carbons (Fsp3) is 0.500. The summed E-state index contributed by atoms with van der Waals surface area (Å²) in [6, 6.07) is 1.50. The number of nitrogens with one attached hydrogen (secondary N) is 1. The Morgan fingerprint density at radius 3 is 2.50 bits per heavy atom. The molecule has 0 fully saturated rings. The summed E-state index contributed by atoms with van der Waals surface area (Å²) in [6.45, 7) is 1.74. The van der Waals surface area contributed by atoms with E-state index < -0.39 is 29.4 Å². The van der Waals surface area contributed by atoms with Crippen LogP contribution in [-0.4, -0.2) is 40.6 Å². The van der Waals surface area contributed by atoms with E-state index >= 15 is 0 Å². The molecule has 1 heterocycles. The van der Waals surface area contributed by atoms with E-state index in [0.717, 1.165) is 6.07 Å². The molecule has 1 unspecified atom stereocenters. The summed E-state index contributed by atoms with van der Waals surface area (Å²) >= 11 is 0. The van der Waals surface area contributed by atoms with Crippen molar-refractivity contribution in [3.63, 3.8) is 0 Å². The molecule has 0 aliphatic rings. The predicted octanol–water partition coefficient (Wildman–Crippen LogP) is 1.24. The smallest absolute Gasteiger partial charge is 0.393 e. The zero-order chi connectivity index (χ0) is 15.5. The van der Waals surface area contributed by atoms with Gasteiger partial charge in [-0.15, -0.1) is 0 Å². The standard InChI is InChI=1S/C12H15F3N2O3/c1-7(18)5-6-17(2)11(20)8-3-4-9(12(13,14)15)16-10(8)19/h3-4,7,18H,5-6H2,1-2H3,(H,16,19). The Labute approximate surface area is 113 Å². The monoisotopic (exact) mass is 292 g/mol. The van der Waals surface area contributed by atoms with E-state index in [1.165, 1.54) is 11.9 Å². The number of carbonyl (C=O) groups is 1. The maximum atomic E-state index is 12.4. The number of H-pyrrole nitrogens is 1. The van der Waals surface area contributed by atoms with Crippen LogP contribution in [0.15, 0.2) is 16.9 Å². The fourth-order valence-electron chi connectivity index (χ4n) is 1.50. The number of hydrogen-bond acceptors (Lipinski definition) is 3. The Balaban J connectivity index is 2.92. The molecule has 0 saturated heterocycles. The lowest BCUT2D eigenvalue weighted by molar-refractivity contribution is -0.141. The molecule has 1 amide bonds. The van der Waals surface area contributed by atoms with Gasteiger partial charge in [-0.25, -0.2) is 0 Å². The third-order valence-corrected chi connectivity index (χ3v) is 2.67. The van der Waals surface area contributed by atoms with Gasteiger partial charge in [-0.2, -0.15) is 13.2 Å². The number of nitrogens with zero attached hydrogens (tertiary/aromatic N) is 1. The van der Waals surface area contributed by atoms with Crippen molar-refractivity contribution in [3.05, 3.63) is 33.7 Å². The van der Waals surface area contributed by atoms with Gasteiger partial charge in [-0.3, -0.25) is 9.59 Å². The summed E-state index contributed by atoms with van der Waals surface area (Å²) in [6.07, 6.45) is -4.98. The van der Waals surface area contributed by atoms with Crippen LogP contribution in [0.25, 0.3) is 0 Å². The van der Waals surface area contributed by atoms with Gasteiger partial charge in [-0.1, -0.05) is 0 Å².